The van der Waals surface area contributed by atoms with Crippen LogP contribution in [-0.2, 0) is 4.79 Å². The Kier molecular flexibility index (Phi) is 6.52. The lowest BCUT2D eigenvalue weighted by molar-refractivity contribution is -0.120. The lowest BCUT2D eigenvalue weighted by Gasteiger charge is -2.23. The van der Waals surface area contributed by atoms with Gasteiger partial charge in [-0.05, 0) is 18.6 Å². The zero-order valence-corrected chi connectivity index (χ0v) is 13.9. The lowest BCUT2D eigenvalue weighted by Crippen LogP contribution is -2.45. The van der Waals surface area contributed by atoms with Crippen LogP contribution in [0.1, 0.15) is 19.8 Å². The molecule has 1 fully saturated rings. The molecular weight excluding hydrogens is 318 g/mol. The molecule has 1 atom stereocenters. The van der Waals surface area contributed by atoms with Gasteiger partial charge in [-0.3, -0.25) is 4.79 Å². The summed E-state index contributed by atoms with van der Waals surface area (Å²) in [4.78, 5) is 25.1. The Balaban J connectivity index is 1.83. The number of carbonyl (C=O) groups excluding carboxylic acids is 2. The van der Waals surface area contributed by atoms with Gasteiger partial charge in [-0.2, -0.15) is 0 Å². The predicted octanol–water partition coefficient (Wildman–Crippen LogP) is 2.03. The number of hydrogen-bond acceptors (Lipinski definition) is 3. The van der Waals surface area contributed by atoms with E-state index in [1.54, 1.807) is 17.0 Å². The van der Waals surface area contributed by atoms with Gasteiger partial charge in [0.15, 0.2) is 0 Å². The van der Waals surface area contributed by atoms with Gasteiger partial charge in [-0.1, -0.05) is 30.7 Å². The molecule has 0 spiro atoms. The maximum atomic E-state index is 12.2. The minimum Gasteiger partial charge on any atom is -0.487 e. The summed E-state index contributed by atoms with van der Waals surface area (Å²) in [7, 11) is 0. The second kappa shape index (κ2) is 8.62. The smallest absolute Gasteiger partial charge is 0.317 e. The van der Waals surface area contributed by atoms with E-state index in [1.807, 2.05) is 19.1 Å². The number of carbonyl (C=O) groups is 2. The fourth-order valence-corrected chi connectivity index (χ4v) is 2.45. The van der Waals surface area contributed by atoms with Gasteiger partial charge in [0.25, 0.3) is 0 Å². The van der Waals surface area contributed by atoms with Gasteiger partial charge in [-0.15, -0.1) is 0 Å². The molecule has 1 aromatic rings. The van der Waals surface area contributed by atoms with E-state index in [0.29, 0.717) is 43.4 Å². The number of nitrogens with zero attached hydrogens (tertiary/aromatic N) is 1. The molecule has 3 amide bonds. The molecule has 0 bridgehead atoms. The van der Waals surface area contributed by atoms with Crippen molar-refractivity contribution in [2.75, 3.05) is 26.2 Å². The third kappa shape index (κ3) is 5.32. The SMILES string of the molecule is CC[C@@H](CNC(=O)N1CCNC(=O)CC1)Oc1ccccc1Cl. The van der Waals surface area contributed by atoms with Crippen molar-refractivity contribution < 1.29 is 14.3 Å². The first kappa shape index (κ1) is 17.4. The first-order valence-electron chi connectivity index (χ1n) is 7.80. The Hall–Kier alpha value is -1.95. The molecule has 2 rings (SSSR count). The maximum Gasteiger partial charge on any atom is 0.317 e. The second-order valence-electron chi connectivity index (χ2n) is 5.35. The monoisotopic (exact) mass is 339 g/mol. The molecule has 126 valence electrons. The zero-order chi connectivity index (χ0) is 16.7. The molecule has 1 saturated heterocycles. The molecule has 0 aromatic heterocycles. The summed E-state index contributed by atoms with van der Waals surface area (Å²) in [5, 5.41) is 6.16. The van der Waals surface area contributed by atoms with Gasteiger partial charge in [0.05, 0.1) is 11.6 Å². The molecule has 0 radical (unpaired) electrons. The maximum absolute atomic E-state index is 12.2. The van der Waals surface area contributed by atoms with Crippen LogP contribution in [0.4, 0.5) is 4.79 Å². The molecular formula is C16H22ClN3O3. The van der Waals surface area contributed by atoms with Crippen LogP contribution in [0.25, 0.3) is 0 Å². The van der Waals surface area contributed by atoms with Gasteiger partial charge >= 0.3 is 6.03 Å². The summed E-state index contributed by atoms with van der Waals surface area (Å²) in [6, 6.07) is 7.09. The third-order valence-electron chi connectivity index (χ3n) is 3.67. The van der Waals surface area contributed by atoms with Crippen LogP contribution in [-0.4, -0.2) is 49.1 Å². The average molecular weight is 340 g/mol. The number of benzene rings is 1. The number of ether oxygens (including phenoxy) is 1. The molecule has 7 heteroatoms. The summed E-state index contributed by atoms with van der Waals surface area (Å²) >= 11 is 6.08. The summed E-state index contributed by atoms with van der Waals surface area (Å²) in [6.45, 7) is 3.81. The van der Waals surface area contributed by atoms with E-state index in [2.05, 4.69) is 10.6 Å². The van der Waals surface area contributed by atoms with Crippen molar-refractivity contribution in [1.82, 2.24) is 15.5 Å². The minimum atomic E-state index is -0.178. The molecule has 0 aliphatic carbocycles. The van der Waals surface area contributed by atoms with Gasteiger partial charge in [-0.25, -0.2) is 4.79 Å². The van der Waals surface area contributed by atoms with Crippen molar-refractivity contribution in [1.29, 1.82) is 0 Å². The van der Waals surface area contributed by atoms with Crippen LogP contribution in [0.2, 0.25) is 5.02 Å². The molecule has 1 aromatic carbocycles. The Bertz CT molecular complexity index is 553. The third-order valence-corrected chi connectivity index (χ3v) is 3.98. The van der Waals surface area contributed by atoms with Crippen molar-refractivity contribution >= 4 is 23.5 Å². The van der Waals surface area contributed by atoms with Crippen molar-refractivity contribution in [2.45, 2.75) is 25.9 Å². The topological polar surface area (TPSA) is 70.7 Å². The Morgan fingerprint density at radius 2 is 2.22 bits per heavy atom. The number of para-hydroxylation sites is 1. The molecule has 2 N–H and O–H groups in total. The lowest BCUT2D eigenvalue weighted by atomic mass is 10.2. The van der Waals surface area contributed by atoms with Gasteiger partial charge in [0, 0.05) is 26.1 Å². The van der Waals surface area contributed by atoms with Crippen molar-refractivity contribution in [3.05, 3.63) is 29.3 Å². The summed E-state index contributed by atoms with van der Waals surface area (Å²) in [5.41, 5.74) is 0. The summed E-state index contributed by atoms with van der Waals surface area (Å²) < 4.78 is 5.84. The first-order chi connectivity index (χ1) is 11.1. The van der Waals surface area contributed by atoms with Crippen molar-refractivity contribution in [3.63, 3.8) is 0 Å². The fourth-order valence-electron chi connectivity index (χ4n) is 2.27. The number of halogens is 1. The zero-order valence-electron chi connectivity index (χ0n) is 13.2. The fraction of sp³-hybridized carbons (Fsp3) is 0.500. The van der Waals surface area contributed by atoms with Crippen LogP contribution in [0.15, 0.2) is 24.3 Å². The van der Waals surface area contributed by atoms with E-state index < -0.39 is 0 Å². The first-order valence-corrected chi connectivity index (χ1v) is 8.18. The molecule has 0 saturated carbocycles. The minimum absolute atomic E-state index is 0.0196. The van der Waals surface area contributed by atoms with E-state index in [0.717, 1.165) is 6.42 Å². The van der Waals surface area contributed by atoms with E-state index in [9.17, 15) is 9.59 Å². The van der Waals surface area contributed by atoms with Crippen LogP contribution in [0.3, 0.4) is 0 Å². The van der Waals surface area contributed by atoms with Crippen molar-refractivity contribution in [3.8, 4) is 5.75 Å². The highest BCUT2D eigenvalue weighted by molar-refractivity contribution is 6.32. The van der Waals surface area contributed by atoms with Crippen molar-refractivity contribution in [2.24, 2.45) is 0 Å². The predicted molar refractivity (Wildman–Crippen MR) is 88.8 cm³/mol. The summed E-state index contributed by atoms with van der Waals surface area (Å²) in [5.74, 6) is 0.591. The standard InChI is InChI=1S/C16H22ClN3O3/c1-2-12(23-14-6-4-3-5-13(14)17)11-19-16(22)20-9-7-15(21)18-8-10-20/h3-6,12H,2,7-11H2,1H3,(H,18,21)(H,19,22)/t12-/m0/s1. The molecule has 1 aliphatic heterocycles. The Morgan fingerprint density at radius 1 is 1.43 bits per heavy atom. The second-order valence-corrected chi connectivity index (χ2v) is 5.76. The summed E-state index contributed by atoms with van der Waals surface area (Å²) in [6.07, 6.45) is 0.914. The molecule has 0 unspecified atom stereocenters. The van der Waals surface area contributed by atoms with Gasteiger partial charge < -0.3 is 20.3 Å². The van der Waals surface area contributed by atoms with Crippen LogP contribution < -0.4 is 15.4 Å². The number of urea groups is 1. The van der Waals surface area contributed by atoms with Crippen LogP contribution in [0.5, 0.6) is 5.75 Å². The highest BCUT2D eigenvalue weighted by atomic mass is 35.5. The number of nitrogens with one attached hydrogen (secondary N) is 2. The quantitative estimate of drug-likeness (QED) is 0.862. The number of hydrogen-bond donors (Lipinski definition) is 2. The van der Waals surface area contributed by atoms with E-state index >= 15 is 0 Å². The Labute approximate surface area is 141 Å². The molecule has 23 heavy (non-hydrogen) atoms. The highest BCUT2D eigenvalue weighted by Crippen LogP contribution is 2.24. The van der Waals surface area contributed by atoms with Gasteiger partial charge in [0.1, 0.15) is 11.9 Å². The van der Waals surface area contributed by atoms with Gasteiger partial charge in [0.2, 0.25) is 5.91 Å². The number of rotatable bonds is 5. The van der Waals surface area contributed by atoms with E-state index in [4.69, 9.17) is 16.3 Å². The normalized spacial score (nSPS) is 16.3. The average Bonchev–Trinajstić information content (AvgIpc) is 2.77. The molecule has 1 aliphatic rings. The largest absolute Gasteiger partial charge is 0.487 e. The van der Waals surface area contributed by atoms with Crippen LogP contribution >= 0.6 is 11.6 Å². The van der Waals surface area contributed by atoms with E-state index in [-0.39, 0.29) is 18.0 Å². The molecule has 6 nitrogen and oxygen atoms in total. The Morgan fingerprint density at radius 3 is 2.96 bits per heavy atom. The van der Waals surface area contributed by atoms with Crippen LogP contribution in [0, 0.1) is 0 Å². The molecule has 1 heterocycles. The highest BCUT2D eigenvalue weighted by Gasteiger charge is 2.19. The number of amides is 3. The van der Waals surface area contributed by atoms with E-state index in [1.165, 1.54) is 0 Å².